The Morgan fingerprint density at radius 2 is 2.15 bits per heavy atom. The molecule has 6 nitrogen and oxygen atoms in total. The Bertz CT molecular complexity index is 1130. The number of allylic oxidation sites excluding steroid dienone is 3. The van der Waals surface area contributed by atoms with Gasteiger partial charge in [0.2, 0.25) is 0 Å². The van der Waals surface area contributed by atoms with Gasteiger partial charge in [0.05, 0.1) is 35.3 Å². The number of carbonyl (C=O) groups excluding carboxylic acids is 1. The average molecular weight is 453 g/mol. The third kappa shape index (κ3) is 5.96. The zero-order valence-corrected chi connectivity index (χ0v) is 19.1. The number of carbonyl (C=O) groups is 1. The van der Waals surface area contributed by atoms with Gasteiger partial charge < -0.3 is 4.74 Å². The second-order valence-corrected chi connectivity index (χ2v) is 7.40. The number of rotatable bonds is 9. The molecule has 1 aliphatic heterocycles. The van der Waals surface area contributed by atoms with Crippen LogP contribution in [0.15, 0.2) is 70.2 Å². The Hall–Kier alpha value is -3.70. The smallest absolute Gasteiger partial charge is 0.262 e. The van der Waals surface area contributed by atoms with E-state index in [1.54, 1.807) is 32.2 Å². The Kier molecular flexibility index (Phi) is 8.71. The lowest BCUT2D eigenvalue weighted by atomic mass is 9.98. The molecule has 1 aliphatic rings. The molecule has 1 unspecified atom stereocenters. The number of hydrogen-bond acceptors (Lipinski definition) is 5. The summed E-state index contributed by atoms with van der Waals surface area (Å²) >= 11 is 0. The van der Waals surface area contributed by atoms with Crippen LogP contribution in [0.3, 0.4) is 0 Å². The summed E-state index contributed by atoms with van der Waals surface area (Å²) in [5.41, 5.74) is -0.584. The number of nitriles is 1. The molecule has 1 amide bonds. The zero-order chi connectivity index (χ0) is 24.6. The highest BCUT2D eigenvalue weighted by molar-refractivity contribution is 6.21. The van der Waals surface area contributed by atoms with Crippen LogP contribution in [0, 0.1) is 17.1 Å². The molecule has 0 saturated heterocycles. The number of methoxy groups -OCH3 is 1. The van der Waals surface area contributed by atoms with E-state index >= 15 is 0 Å². The summed E-state index contributed by atoms with van der Waals surface area (Å²) in [4.78, 5) is 23.3. The van der Waals surface area contributed by atoms with E-state index < -0.39 is 23.1 Å². The fraction of sp³-hybridized carbons (Fsp3) is 0.280. The Morgan fingerprint density at radius 1 is 1.42 bits per heavy atom. The van der Waals surface area contributed by atoms with E-state index in [1.165, 1.54) is 36.4 Å². The molecule has 0 saturated carbocycles. The van der Waals surface area contributed by atoms with E-state index in [0.717, 1.165) is 12.3 Å². The quantitative estimate of drug-likeness (QED) is 0.400. The highest BCUT2D eigenvalue weighted by atomic mass is 19.1. The lowest BCUT2D eigenvalue weighted by molar-refractivity contribution is -0.121. The molecule has 0 aliphatic carbocycles. The highest BCUT2D eigenvalue weighted by Gasteiger charge is 2.30. The van der Waals surface area contributed by atoms with Gasteiger partial charge in [-0.2, -0.15) is 5.26 Å². The molecule has 0 fully saturated rings. The molecule has 1 heterocycles. The minimum atomic E-state index is -1.05. The van der Waals surface area contributed by atoms with Crippen LogP contribution < -0.4 is 0 Å². The molecule has 2 rings (SSSR count). The summed E-state index contributed by atoms with van der Waals surface area (Å²) in [6, 6.07) is 5.78. The van der Waals surface area contributed by atoms with Gasteiger partial charge in [0.15, 0.2) is 0 Å². The molecule has 1 aromatic rings. The summed E-state index contributed by atoms with van der Waals surface area (Å²) in [5.74, 6) is -1.86. The van der Waals surface area contributed by atoms with Crippen molar-refractivity contribution < 1.29 is 18.3 Å². The molecule has 0 spiro atoms. The monoisotopic (exact) mass is 452 g/mol. The minimum absolute atomic E-state index is 0.0214. The number of benzene rings is 1. The van der Waals surface area contributed by atoms with Gasteiger partial charge in [-0.15, -0.1) is 0 Å². The maximum atomic E-state index is 14.2. The van der Waals surface area contributed by atoms with Crippen molar-refractivity contribution >= 4 is 23.9 Å². The van der Waals surface area contributed by atoms with E-state index in [0.29, 0.717) is 17.8 Å². The van der Waals surface area contributed by atoms with Crippen molar-refractivity contribution in [1.82, 2.24) is 4.90 Å². The molecule has 0 N–H and O–H groups in total. The standard InChI is InChI=1S/C25H26F2N4O2/c1-6-8-19(15-29-4)31(20(16-33-5)12-25(3)11-18(26)14-30-25)24(32)17(2)21-9-7-10-23(27)22(21)13-28/h7-12,14-15H,2,6,16H2,1,3-5H3/b19-8+,20-12+,29-15?. The Morgan fingerprint density at radius 3 is 2.70 bits per heavy atom. The maximum Gasteiger partial charge on any atom is 0.262 e. The van der Waals surface area contributed by atoms with Gasteiger partial charge in [0.1, 0.15) is 17.7 Å². The lowest BCUT2D eigenvalue weighted by Gasteiger charge is -2.29. The number of ether oxygens (including phenoxy) is 1. The van der Waals surface area contributed by atoms with E-state index in [4.69, 9.17) is 4.74 Å². The van der Waals surface area contributed by atoms with Crippen molar-refractivity contribution in [2.45, 2.75) is 25.8 Å². The van der Waals surface area contributed by atoms with Crippen molar-refractivity contribution in [3.63, 3.8) is 0 Å². The summed E-state index contributed by atoms with van der Waals surface area (Å²) in [5, 5.41) is 9.41. The van der Waals surface area contributed by atoms with Gasteiger partial charge in [-0.3, -0.25) is 19.7 Å². The molecule has 1 atom stereocenters. The van der Waals surface area contributed by atoms with Gasteiger partial charge in [-0.1, -0.05) is 31.7 Å². The lowest BCUT2D eigenvalue weighted by Crippen LogP contribution is -2.34. The molecule has 0 aromatic heterocycles. The number of nitrogens with zero attached hydrogens (tertiary/aromatic N) is 4. The summed E-state index contributed by atoms with van der Waals surface area (Å²) < 4.78 is 33.3. The third-order valence-corrected chi connectivity index (χ3v) is 4.78. The van der Waals surface area contributed by atoms with Crippen molar-refractivity contribution in [3.05, 3.63) is 77.2 Å². The molecule has 33 heavy (non-hydrogen) atoms. The minimum Gasteiger partial charge on any atom is -0.378 e. The third-order valence-electron chi connectivity index (χ3n) is 4.78. The van der Waals surface area contributed by atoms with Crippen molar-refractivity contribution in [3.8, 4) is 6.07 Å². The first-order valence-corrected chi connectivity index (χ1v) is 10.2. The van der Waals surface area contributed by atoms with E-state index in [-0.39, 0.29) is 23.3 Å². The molecule has 0 bridgehead atoms. The van der Waals surface area contributed by atoms with E-state index in [1.807, 2.05) is 6.92 Å². The van der Waals surface area contributed by atoms with Gasteiger partial charge >= 0.3 is 0 Å². The maximum absolute atomic E-state index is 14.2. The SMILES string of the molecule is C=C(C(=O)N(/C(C=NC)=C/CC)/C(=C/C1(C)C=C(F)C=N1)COC)c1cccc(F)c1C#N. The topological polar surface area (TPSA) is 78.1 Å². The van der Waals surface area contributed by atoms with Crippen LogP contribution >= 0.6 is 0 Å². The first kappa shape index (κ1) is 25.6. The van der Waals surface area contributed by atoms with Crippen LogP contribution in [0.25, 0.3) is 5.57 Å². The molecule has 1 aromatic carbocycles. The summed E-state index contributed by atoms with van der Waals surface area (Å²) in [7, 11) is 3.02. The molecule has 172 valence electrons. The molecular weight excluding hydrogens is 426 g/mol. The van der Waals surface area contributed by atoms with Crippen LogP contribution in [0.2, 0.25) is 0 Å². The highest BCUT2D eigenvalue weighted by Crippen LogP contribution is 2.29. The fourth-order valence-corrected chi connectivity index (χ4v) is 3.39. The van der Waals surface area contributed by atoms with Crippen molar-refractivity contribution in [2.24, 2.45) is 9.98 Å². The van der Waals surface area contributed by atoms with Crippen molar-refractivity contribution in [1.29, 1.82) is 5.26 Å². The summed E-state index contributed by atoms with van der Waals surface area (Å²) in [6.45, 7) is 7.40. The van der Waals surface area contributed by atoms with E-state index in [2.05, 4.69) is 16.6 Å². The summed E-state index contributed by atoms with van der Waals surface area (Å²) in [6.07, 6.45) is 7.87. The number of amides is 1. The van der Waals surface area contributed by atoms with Gasteiger partial charge in [0, 0.05) is 31.5 Å². The Balaban J connectivity index is 2.70. The average Bonchev–Trinajstić information content (AvgIpc) is 3.11. The Labute approximate surface area is 192 Å². The number of halogens is 2. The normalized spacial score (nSPS) is 18.4. The molecular formula is C25H26F2N4O2. The largest absolute Gasteiger partial charge is 0.378 e. The molecule has 0 radical (unpaired) electrons. The van der Waals surface area contributed by atoms with E-state index in [9.17, 15) is 18.8 Å². The number of aliphatic imine (C=N–C) groups is 2. The number of hydrogen-bond donors (Lipinski definition) is 0. The van der Waals surface area contributed by atoms with Gasteiger partial charge in [-0.05, 0) is 31.6 Å². The van der Waals surface area contributed by atoms with Gasteiger partial charge in [-0.25, -0.2) is 8.78 Å². The predicted octanol–water partition coefficient (Wildman–Crippen LogP) is 4.76. The van der Waals surface area contributed by atoms with Crippen LogP contribution in [0.1, 0.15) is 31.4 Å². The zero-order valence-electron chi connectivity index (χ0n) is 19.1. The predicted molar refractivity (Wildman–Crippen MR) is 126 cm³/mol. The van der Waals surface area contributed by atoms with Crippen LogP contribution in [-0.2, 0) is 9.53 Å². The van der Waals surface area contributed by atoms with Crippen LogP contribution in [0.5, 0.6) is 0 Å². The first-order valence-electron chi connectivity index (χ1n) is 10.2. The second-order valence-electron chi connectivity index (χ2n) is 7.40. The van der Waals surface area contributed by atoms with Crippen molar-refractivity contribution in [2.75, 3.05) is 20.8 Å². The fourth-order valence-electron chi connectivity index (χ4n) is 3.39. The molecule has 8 heteroatoms. The second kappa shape index (κ2) is 11.2. The van der Waals surface area contributed by atoms with Crippen LogP contribution in [-0.4, -0.2) is 49.5 Å². The first-order chi connectivity index (χ1) is 15.7. The van der Waals surface area contributed by atoms with Crippen LogP contribution in [0.4, 0.5) is 8.78 Å². The van der Waals surface area contributed by atoms with Gasteiger partial charge in [0.25, 0.3) is 5.91 Å².